The van der Waals surface area contributed by atoms with Crippen molar-refractivity contribution >= 4 is 62.8 Å². The third-order valence-corrected chi connectivity index (χ3v) is 10.4. The summed E-state index contributed by atoms with van der Waals surface area (Å²) in [6.45, 7) is 2.17. The second-order valence-electron chi connectivity index (χ2n) is 7.03. The van der Waals surface area contributed by atoms with Gasteiger partial charge in [-0.25, -0.2) is 0 Å². The monoisotopic (exact) mass is 530 g/mol. The average molecular weight is 527 g/mol. The molecule has 0 bridgehead atoms. The number of aryl methyl sites for hydroxylation is 3. The second-order valence-corrected chi connectivity index (χ2v) is 12.5. The Morgan fingerprint density at radius 3 is 2.15 bits per heavy atom. The zero-order chi connectivity index (χ0) is 18.2. The minimum atomic E-state index is -0.381. The molecule has 0 heterocycles. The van der Waals surface area contributed by atoms with E-state index in [0.717, 1.165) is 0 Å². The molecule has 0 aromatic heterocycles. The third kappa shape index (κ3) is 3.49. The van der Waals surface area contributed by atoms with Crippen molar-refractivity contribution in [2.75, 3.05) is 0 Å². The van der Waals surface area contributed by atoms with E-state index >= 15 is 0 Å². The number of rotatable bonds is 4. The SMILES string of the molecule is Cc1ccc([Te]c2ccc3c4c(ccc([Se]c5ccccc5)c24)CC3)cc1. The topological polar surface area (TPSA) is 0 Å². The zero-order valence-corrected chi connectivity index (χ0v) is 19.3. The quantitative estimate of drug-likeness (QED) is 0.359. The summed E-state index contributed by atoms with van der Waals surface area (Å²) < 4.78 is 6.16. The van der Waals surface area contributed by atoms with E-state index in [2.05, 4.69) is 85.8 Å². The van der Waals surface area contributed by atoms with E-state index in [1.54, 1.807) is 30.0 Å². The van der Waals surface area contributed by atoms with E-state index < -0.39 is 0 Å². The number of benzene rings is 4. The predicted octanol–water partition coefficient (Wildman–Crippen LogP) is 2.56. The third-order valence-electron chi connectivity index (χ3n) is 5.14. The molecule has 2 heteroatoms. The second kappa shape index (κ2) is 7.46. The van der Waals surface area contributed by atoms with Gasteiger partial charge in [-0.1, -0.05) is 0 Å². The fourth-order valence-corrected chi connectivity index (χ4v) is 9.12. The van der Waals surface area contributed by atoms with Gasteiger partial charge in [0, 0.05) is 0 Å². The normalized spacial score (nSPS) is 12.6. The molecule has 27 heavy (non-hydrogen) atoms. The molecular weight excluding hydrogens is 507 g/mol. The van der Waals surface area contributed by atoms with Crippen LogP contribution in [0.15, 0.2) is 78.9 Å². The first kappa shape index (κ1) is 17.5. The summed E-state index contributed by atoms with van der Waals surface area (Å²) in [5.41, 5.74) is 4.47. The summed E-state index contributed by atoms with van der Waals surface area (Å²) in [6, 6.07) is 29.9. The van der Waals surface area contributed by atoms with E-state index in [4.69, 9.17) is 0 Å². The van der Waals surface area contributed by atoms with Gasteiger partial charge in [0.1, 0.15) is 0 Å². The van der Waals surface area contributed by atoms with Gasteiger partial charge in [-0.15, -0.1) is 0 Å². The first-order valence-electron chi connectivity index (χ1n) is 9.33. The van der Waals surface area contributed by atoms with Crippen molar-refractivity contribution in [3.05, 3.63) is 95.6 Å². The van der Waals surface area contributed by atoms with Gasteiger partial charge < -0.3 is 0 Å². The maximum atomic E-state index is 2.44. The van der Waals surface area contributed by atoms with E-state index in [9.17, 15) is 0 Å². The van der Waals surface area contributed by atoms with Crippen molar-refractivity contribution in [1.29, 1.82) is 0 Å². The molecule has 0 saturated heterocycles. The summed E-state index contributed by atoms with van der Waals surface area (Å²) in [7, 11) is 0. The molecule has 0 N–H and O–H groups in total. The van der Waals surface area contributed by atoms with E-state index in [0.29, 0.717) is 15.0 Å². The van der Waals surface area contributed by atoms with E-state index in [1.807, 2.05) is 0 Å². The Labute approximate surface area is 177 Å². The van der Waals surface area contributed by atoms with Crippen LogP contribution < -0.4 is 16.1 Å². The Bertz CT molecular complexity index is 1100. The predicted molar refractivity (Wildman–Crippen MR) is 119 cm³/mol. The van der Waals surface area contributed by atoms with Gasteiger partial charge in [-0.3, -0.25) is 0 Å². The summed E-state index contributed by atoms with van der Waals surface area (Å²) in [6.07, 6.45) is 2.41. The Balaban J connectivity index is 1.65. The molecule has 0 saturated carbocycles. The molecule has 4 aromatic carbocycles. The van der Waals surface area contributed by atoms with Crippen LogP contribution in [0.2, 0.25) is 0 Å². The van der Waals surface area contributed by atoms with Crippen molar-refractivity contribution in [3.63, 3.8) is 0 Å². The summed E-state index contributed by atoms with van der Waals surface area (Å²) in [4.78, 5) is 0. The standard InChI is InChI=1S/C25H20SeTe/c1-17-7-13-21(14-8-17)27-23-16-12-19-10-9-18-11-15-22(25(23)24(18)19)26-20-5-3-2-4-6-20/h2-8,11-16H,9-10H2,1H3. The van der Waals surface area contributed by atoms with Crippen molar-refractivity contribution in [2.45, 2.75) is 19.8 Å². The van der Waals surface area contributed by atoms with Crippen molar-refractivity contribution in [2.24, 2.45) is 0 Å². The molecule has 0 spiro atoms. The van der Waals surface area contributed by atoms with Crippen LogP contribution in [0.3, 0.4) is 0 Å². The van der Waals surface area contributed by atoms with Gasteiger partial charge >= 0.3 is 178 Å². The van der Waals surface area contributed by atoms with Gasteiger partial charge in [0.15, 0.2) is 0 Å². The minimum absolute atomic E-state index is 0.357. The summed E-state index contributed by atoms with van der Waals surface area (Å²) >= 11 is -0.0243. The van der Waals surface area contributed by atoms with Crippen LogP contribution in [0, 0.1) is 6.92 Å². The molecule has 0 atom stereocenters. The molecule has 4 aromatic rings. The molecule has 1 aliphatic rings. The molecule has 0 fully saturated rings. The summed E-state index contributed by atoms with van der Waals surface area (Å²) in [5.74, 6) is 0. The van der Waals surface area contributed by atoms with Crippen molar-refractivity contribution < 1.29 is 0 Å². The zero-order valence-electron chi connectivity index (χ0n) is 15.2. The molecule has 132 valence electrons. The van der Waals surface area contributed by atoms with Crippen LogP contribution in [-0.4, -0.2) is 35.9 Å². The van der Waals surface area contributed by atoms with Crippen LogP contribution in [0.25, 0.3) is 10.8 Å². The van der Waals surface area contributed by atoms with Crippen molar-refractivity contribution in [3.8, 4) is 0 Å². The van der Waals surface area contributed by atoms with E-state index in [-0.39, 0.29) is 20.9 Å². The van der Waals surface area contributed by atoms with Gasteiger partial charge in [-0.05, 0) is 0 Å². The maximum absolute atomic E-state index is 2.44. The Morgan fingerprint density at radius 1 is 0.704 bits per heavy atom. The Kier molecular flexibility index (Phi) is 4.85. The summed E-state index contributed by atoms with van der Waals surface area (Å²) in [5, 5.41) is 3.18. The molecule has 1 aliphatic carbocycles. The Hall–Kier alpha value is -1.55. The first-order valence-corrected chi connectivity index (χ1v) is 13.4. The van der Waals surface area contributed by atoms with Crippen LogP contribution in [-0.2, 0) is 12.8 Å². The molecule has 0 amide bonds. The average Bonchev–Trinajstić information content (AvgIpc) is 3.12. The number of hydrogen-bond donors (Lipinski definition) is 0. The molecule has 0 nitrogen and oxygen atoms in total. The van der Waals surface area contributed by atoms with Crippen LogP contribution in [0.4, 0.5) is 0 Å². The van der Waals surface area contributed by atoms with Crippen LogP contribution in [0.5, 0.6) is 0 Å². The van der Waals surface area contributed by atoms with Crippen molar-refractivity contribution in [1.82, 2.24) is 0 Å². The van der Waals surface area contributed by atoms with Crippen LogP contribution >= 0.6 is 0 Å². The van der Waals surface area contributed by atoms with Gasteiger partial charge in [0.2, 0.25) is 0 Å². The van der Waals surface area contributed by atoms with Gasteiger partial charge in [-0.2, -0.15) is 0 Å². The van der Waals surface area contributed by atoms with Gasteiger partial charge in [0.25, 0.3) is 0 Å². The van der Waals surface area contributed by atoms with Crippen LogP contribution in [0.1, 0.15) is 16.7 Å². The number of hydrogen-bond acceptors (Lipinski definition) is 0. The molecule has 0 unspecified atom stereocenters. The Morgan fingerprint density at radius 2 is 1.41 bits per heavy atom. The fourth-order valence-electron chi connectivity index (χ4n) is 3.79. The molecule has 5 rings (SSSR count). The molecule has 0 aliphatic heterocycles. The first-order chi connectivity index (χ1) is 13.3. The molecular formula is C25H20SeTe. The molecule has 0 radical (unpaired) electrons. The fraction of sp³-hybridized carbons (Fsp3) is 0.120. The van der Waals surface area contributed by atoms with Gasteiger partial charge in [0.05, 0.1) is 0 Å². The van der Waals surface area contributed by atoms with E-state index in [1.165, 1.54) is 26.5 Å².